The van der Waals surface area contributed by atoms with Gasteiger partial charge < -0.3 is 14.7 Å². The highest BCUT2D eigenvalue weighted by Gasteiger charge is 2.05. The minimum Gasteiger partial charge on any atom is -0.391 e. The molecule has 222 valence electrons. The summed E-state index contributed by atoms with van der Waals surface area (Å²) in [4.78, 5) is 16.6. The molecule has 5 nitrogen and oxygen atoms in total. The van der Waals surface area contributed by atoms with E-state index in [4.69, 9.17) is 10.6 Å². The van der Waals surface area contributed by atoms with Crippen molar-refractivity contribution >= 4 is 5.78 Å². The van der Waals surface area contributed by atoms with Crippen LogP contribution in [0.4, 0.5) is 0 Å². The summed E-state index contributed by atoms with van der Waals surface area (Å²) in [6, 6.07) is 0. The summed E-state index contributed by atoms with van der Waals surface area (Å²) < 4.78 is 5.66. The lowest BCUT2D eigenvalue weighted by atomic mass is 10.0. The van der Waals surface area contributed by atoms with E-state index in [1.165, 1.54) is 103 Å². The minimum absolute atomic E-state index is 0.319. The summed E-state index contributed by atoms with van der Waals surface area (Å²) >= 11 is 0. The first-order valence-corrected chi connectivity index (χ1v) is 16.3. The predicted molar refractivity (Wildman–Crippen MR) is 158 cm³/mol. The lowest BCUT2D eigenvalue weighted by Gasteiger charge is -2.11. The molecule has 1 atom stereocenters. The van der Waals surface area contributed by atoms with Crippen LogP contribution in [-0.4, -0.2) is 36.8 Å². The number of hydrogen-bond donors (Lipinski definition) is 2. The van der Waals surface area contributed by atoms with Crippen LogP contribution in [0.5, 0.6) is 0 Å². The van der Waals surface area contributed by atoms with E-state index in [-0.39, 0.29) is 6.10 Å². The Morgan fingerprint density at radius 1 is 0.595 bits per heavy atom. The second-order valence-corrected chi connectivity index (χ2v) is 11.2. The third-order valence-electron chi connectivity index (χ3n) is 7.41. The van der Waals surface area contributed by atoms with Crippen LogP contribution >= 0.6 is 0 Å². The lowest BCUT2D eigenvalue weighted by Crippen LogP contribution is -2.15. The van der Waals surface area contributed by atoms with E-state index < -0.39 is 0 Å². The van der Waals surface area contributed by atoms with Crippen LogP contribution in [0.15, 0.2) is 0 Å². The normalized spacial score (nSPS) is 12.3. The molecule has 0 aromatic carbocycles. The molecule has 0 saturated heterocycles. The van der Waals surface area contributed by atoms with Gasteiger partial charge in [-0.05, 0) is 32.1 Å². The average Bonchev–Trinajstić information content (AvgIpc) is 2.89. The summed E-state index contributed by atoms with van der Waals surface area (Å²) in [6.45, 7) is 4.13. The van der Waals surface area contributed by atoms with Gasteiger partial charge in [-0.25, -0.2) is 5.90 Å². The molecular formula is C32H65NO4. The summed E-state index contributed by atoms with van der Waals surface area (Å²) in [5.74, 6) is 5.47. The number of unbranched alkanes of at least 4 members (excludes halogenated alkanes) is 20. The molecule has 0 heterocycles. The molecule has 0 rings (SSSR count). The van der Waals surface area contributed by atoms with E-state index in [9.17, 15) is 9.90 Å². The Hall–Kier alpha value is -0.490. The zero-order valence-electron chi connectivity index (χ0n) is 24.8. The standard InChI is InChI=1S/C32H65NO4/c1-2-3-4-5-12-15-20-25-31(34)26-21-17-19-23-28-36-30-32(35)27-22-16-13-10-8-6-7-9-11-14-18-24-29-37-33/h32,35H,2-30,33H2,1H3. The Labute approximate surface area is 231 Å². The second-order valence-electron chi connectivity index (χ2n) is 11.2. The maximum Gasteiger partial charge on any atom is 0.132 e. The molecule has 1 unspecified atom stereocenters. The Morgan fingerprint density at radius 2 is 1.00 bits per heavy atom. The molecule has 0 aliphatic heterocycles. The summed E-state index contributed by atoms with van der Waals surface area (Å²) in [7, 11) is 0. The van der Waals surface area contributed by atoms with Crippen LogP contribution in [-0.2, 0) is 14.4 Å². The average molecular weight is 528 g/mol. The van der Waals surface area contributed by atoms with Crippen LogP contribution < -0.4 is 5.90 Å². The van der Waals surface area contributed by atoms with Gasteiger partial charge in [0.2, 0.25) is 0 Å². The molecule has 0 fully saturated rings. The fourth-order valence-corrected chi connectivity index (χ4v) is 4.92. The molecule has 3 N–H and O–H groups in total. The first-order chi connectivity index (χ1) is 18.2. The molecule has 0 spiro atoms. The smallest absolute Gasteiger partial charge is 0.132 e. The van der Waals surface area contributed by atoms with Crippen molar-refractivity contribution in [3.05, 3.63) is 0 Å². The number of ketones is 1. The zero-order chi connectivity index (χ0) is 27.1. The largest absolute Gasteiger partial charge is 0.391 e. The number of Topliss-reactive ketones (excluding diaryl/α,β-unsaturated/α-hetero) is 1. The van der Waals surface area contributed by atoms with Crippen LogP contribution in [0.1, 0.15) is 174 Å². The Kier molecular flexibility index (Phi) is 31.3. The molecule has 37 heavy (non-hydrogen) atoms. The third-order valence-corrected chi connectivity index (χ3v) is 7.41. The van der Waals surface area contributed by atoms with Crippen molar-refractivity contribution in [1.29, 1.82) is 0 Å². The second kappa shape index (κ2) is 31.7. The van der Waals surface area contributed by atoms with Gasteiger partial charge in [-0.3, -0.25) is 4.79 Å². The summed E-state index contributed by atoms with van der Waals surface area (Å²) in [6.07, 6.45) is 30.6. The van der Waals surface area contributed by atoms with Gasteiger partial charge in [0.05, 0.1) is 19.3 Å². The van der Waals surface area contributed by atoms with Crippen LogP contribution in [0.25, 0.3) is 0 Å². The van der Waals surface area contributed by atoms with Crippen molar-refractivity contribution < 1.29 is 19.5 Å². The topological polar surface area (TPSA) is 81.8 Å². The molecule has 0 saturated carbocycles. The maximum absolute atomic E-state index is 12.0. The van der Waals surface area contributed by atoms with Gasteiger partial charge >= 0.3 is 0 Å². The number of aliphatic hydroxyl groups excluding tert-OH is 1. The van der Waals surface area contributed by atoms with Crippen LogP contribution in [0.2, 0.25) is 0 Å². The van der Waals surface area contributed by atoms with E-state index in [0.717, 1.165) is 70.8 Å². The molecule has 0 radical (unpaired) electrons. The molecular weight excluding hydrogens is 462 g/mol. The minimum atomic E-state index is -0.319. The molecule has 5 heteroatoms. The Balaban J connectivity index is 3.23. The number of ether oxygens (including phenoxy) is 1. The van der Waals surface area contributed by atoms with Crippen molar-refractivity contribution in [2.45, 2.75) is 180 Å². The molecule has 0 aromatic heterocycles. The van der Waals surface area contributed by atoms with Gasteiger partial charge in [0.1, 0.15) is 5.78 Å². The number of hydrogen-bond acceptors (Lipinski definition) is 5. The van der Waals surface area contributed by atoms with E-state index in [2.05, 4.69) is 11.8 Å². The summed E-state index contributed by atoms with van der Waals surface area (Å²) in [5.41, 5.74) is 0. The number of carbonyl (C=O) groups excluding carboxylic acids is 1. The van der Waals surface area contributed by atoms with Gasteiger partial charge in [0.15, 0.2) is 0 Å². The Morgan fingerprint density at radius 3 is 1.49 bits per heavy atom. The van der Waals surface area contributed by atoms with Crippen molar-refractivity contribution in [3.8, 4) is 0 Å². The lowest BCUT2D eigenvalue weighted by molar-refractivity contribution is -0.119. The van der Waals surface area contributed by atoms with Crippen molar-refractivity contribution in [2.24, 2.45) is 5.90 Å². The monoisotopic (exact) mass is 527 g/mol. The first kappa shape index (κ1) is 36.5. The van der Waals surface area contributed by atoms with Crippen LogP contribution in [0, 0.1) is 0 Å². The number of aliphatic hydroxyl groups is 1. The molecule has 0 aliphatic carbocycles. The number of rotatable bonds is 32. The van der Waals surface area contributed by atoms with Crippen molar-refractivity contribution in [2.75, 3.05) is 19.8 Å². The van der Waals surface area contributed by atoms with Gasteiger partial charge in [-0.2, -0.15) is 0 Å². The quantitative estimate of drug-likeness (QED) is 0.0673. The number of carbonyl (C=O) groups is 1. The molecule has 0 bridgehead atoms. The van der Waals surface area contributed by atoms with Crippen molar-refractivity contribution in [3.63, 3.8) is 0 Å². The maximum atomic E-state index is 12.0. The predicted octanol–water partition coefficient (Wildman–Crippen LogP) is 8.99. The fraction of sp³-hybridized carbons (Fsp3) is 0.969. The SMILES string of the molecule is CCCCCCCCCC(=O)CCCCCCOCC(O)CCCCCCCCCCCCCCON. The first-order valence-electron chi connectivity index (χ1n) is 16.3. The van der Waals surface area contributed by atoms with Gasteiger partial charge in [0, 0.05) is 19.4 Å². The molecule has 0 aliphatic rings. The van der Waals surface area contributed by atoms with Crippen LogP contribution in [0.3, 0.4) is 0 Å². The highest BCUT2D eigenvalue weighted by molar-refractivity contribution is 5.78. The van der Waals surface area contributed by atoms with Gasteiger partial charge in [-0.15, -0.1) is 0 Å². The van der Waals surface area contributed by atoms with Crippen molar-refractivity contribution in [1.82, 2.24) is 0 Å². The van der Waals surface area contributed by atoms with E-state index in [1.54, 1.807) is 0 Å². The Bertz CT molecular complexity index is 447. The zero-order valence-corrected chi connectivity index (χ0v) is 24.8. The number of nitrogens with two attached hydrogens (primary N) is 1. The summed E-state index contributed by atoms with van der Waals surface area (Å²) in [5, 5.41) is 10.1. The fourth-order valence-electron chi connectivity index (χ4n) is 4.92. The van der Waals surface area contributed by atoms with E-state index in [0.29, 0.717) is 19.0 Å². The molecule has 0 amide bonds. The third kappa shape index (κ3) is 31.6. The van der Waals surface area contributed by atoms with E-state index in [1.807, 2.05) is 0 Å². The van der Waals surface area contributed by atoms with Gasteiger partial charge in [-0.1, -0.05) is 129 Å². The van der Waals surface area contributed by atoms with E-state index >= 15 is 0 Å². The highest BCUT2D eigenvalue weighted by atomic mass is 16.6. The molecule has 0 aromatic rings. The van der Waals surface area contributed by atoms with Gasteiger partial charge in [0.25, 0.3) is 0 Å². The highest BCUT2D eigenvalue weighted by Crippen LogP contribution is 2.14.